The van der Waals surface area contributed by atoms with E-state index in [4.69, 9.17) is 36.0 Å². The summed E-state index contributed by atoms with van der Waals surface area (Å²) < 4.78 is 17.0. The average Bonchev–Trinajstić information content (AvgIpc) is 3.21. The summed E-state index contributed by atoms with van der Waals surface area (Å²) in [5.41, 5.74) is 11.4. The van der Waals surface area contributed by atoms with Crippen molar-refractivity contribution in [2.24, 2.45) is 11.6 Å². The van der Waals surface area contributed by atoms with Gasteiger partial charge in [-0.05, 0) is 36.2 Å². The van der Waals surface area contributed by atoms with Crippen LogP contribution in [0.15, 0.2) is 66.7 Å². The van der Waals surface area contributed by atoms with Gasteiger partial charge in [-0.2, -0.15) is 0 Å². The summed E-state index contributed by atoms with van der Waals surface area (Å²) in [6.45, 7) is 4.09. The van der Waals surface area contributed by atoms with Crippen LogP contribution in [0.4, 0.5) is 5.69 Å². The lowest BCUT2D eigenvalue weighted by Gasteiger charge is -2.33. The van der Waals surface area contributed by atoms with E-state index in [-0.39, 0.29) is 68.7 Å². The third kappa shape index (κ3) is 12.3. The Labute approximate surface area is 326 Å². The summed E-state index contributed by atoms with van der Waals surface area (Å²) in [7, 11) is 0. The van der Waals surface area contributed by atoms with Crippen molar-refractivity contribution in [1.29, 1.82) is 0 Å². The van der Waals surface area contributed by atoms with Crippen LogP contribution in [0.2, 0.25) is 0 Å². The summed E-state index contributed by atoms with van der Waals surface area (Å²) in [5, 5.41) is 27.3. The Morgan fingerprint density at radius 2 is 1.21 bits per heavy atom. The van der Waals surface area contributed by atoms with Crippen LogP contribution >= 0.6 is 0 Å². The van der Waals surface area contributed by atoms with E-state index in [0.29, 0.717) is 57.3 Å². The Kier molecular flexibility index (Phi) is 17.7. The number of hydrogen-bond donors (Lipinski definition) is 7. The molecule has 1 aliphatic heterocycles. The lowest BCUT2D eigenvalue weighted by Crippen LogP contribution is -2.37. The molecular weight excluding hydrogens is 722 g/mol. The number of benzene rings is 3. The number of hydrogen-bond acceptors (Lipinski definition) is 12. The molecule has 0 radical (unpaired) electrons. The molecular formula is C40H53N7O9. The summed E-state index contributed by atoms with van der Waals surface area (Å²) >= 11 is 0. The van der Waals surface area contributed by atoms with E-state index < -0.39 is 17.7 Å². The quantitative estimate of drug-likeness (QED) is 0.0434. The highest BCUT2D eigenvalue weighted by Gasteiger charge is 2.27. The van der Waals surface area contributed by atoms with Gasteiger partial charge in [-0.25, -0.2) is 5.84 Å². The highest BCUT2D eigenvalue weighted by atomic mass is 16.5. The predicted molar refractivity (Wildman–Crippen MR) is 211 cm³/mol. The van der Waals surface area contributed by atoms with Crippen LogP contribution in [-0.4, -0.2) is 118 Å². The Hall–Kier alpha value is -5.36. The van der Waals surface area contributed by atoms with E-state index in [1.165, 1.54) is 18.2 Å². The molecule has 0 atom stereocenters. The maximum atomic E-state index is 13.2. The second-order valence-electron chi connectivity index (χ2n) is 12.7. The first-order valence-electron chi connectivity index (χ1n) is 18.6. The first kappa shape index (κ1) is 43.4. The second kappa shape index (κ2) is 22.9. The number of aliphatic hydroxyl groups is 2. The molecule has 16 heteroatoms. The number of fused-ring (bicyclic) bond motifs is 2. The fourth-order valence-corrected chi connectivity index (χ4v) is 5.95. The molecule has 9 N–H and O–H groups in total. The number of nitrogens with zero attached hydrogens (tertiary/aromatic N) is 2. The minimum absolute atomic E-state index is 0.00757. The molecule has 0 saturated carbocycles. The lowest BCUT2D eigenvalue weighted by atomic mass is 9.95. The van der Waals surface area contributed by atoms with Crippen molar-refractivity contribution in [3.05, 3.63) is 100 Å². The van der Waals surface area contributed by atoms with Crippen LogP contribution in [0.1, 0.15) is 67.5 Å². The fraction of sp³-hybridized carbons (Fsp3) is 0.400. The van der Waals surface area contributed by atoms with Gasteiger partial charge in [0.15, 0.2) is 0 Å². The number of aliphatic hydroxyl groups excluding tert-OH is 2. The standard InChI is InChI=1S/C40H53N7O9/c1-2-7-35(50)46-27-28-8-3-4-9-32(28)37(36(41)33-10-5-6-11-34(33)46)47(42)15-19-55-21-23-56-22-20-54-18-14-45-40(53)31-25-29(38(51)43-12-16-48)24-30(26-31)39(52)44-13-17-49/h3-6,8-11,24-26,48-49H,2,7,12-23,27,41-42H2,1H3,(H,43,51)(H,44,52)(H,45,53)/b37-36-. The fourth-order valence-electron chi connectivity index (χ4n) is 5.95. The number of para-hydroxylation sites is 1. The molecule has 302 valence electrons. The summed E-state index contributed by atoms with van der Waals surface area (Å²) in [6, 6.07) is 19.4. The molecule has 16 nitrogen and oxygen atoms in total. The molecule has 56 heavy (non-hydrogen) atoms. The minimum Gasteiger partial charge on any atom is -0.396 e. The minimum atomic E-state index is -0.555. The first-order valence-corrected chi connectivity index (χ1v) is 18.6. The molecule has 3 aromatic rings. The maximum Gasteiger partial charge on any atom is 0.251 e. The summed E-state index contributed by atoms with van der Waals surface area (Å²) in [5.74, 6) is 5.03. The van der Waals surface area contributed by atoms with E-state index >= 15 is 0 Å². The largest absolute Gasteiger partial charge is 0.396 e. The number of carbonyl (C=O) groups is 4. The van der Waals surface area contributed by atoms with Gasteiger partial charge in [0.05, 0.1) is 83.0 Å². The van der Waals surface area contributed by atoms with Crippen molar-refractivity contribution in [2.45, 2.75) is 26.3 Å². The Bertz CT molecular complexity index is 1780. The molecule has 0 saturated heterocycles. The monoisotopic (exact) mass is 775 g/mol. The van der Waals surface area contributed by atoms with Crippen LogP contribution in [0, 0.1) is 0 Å². The van der Waals surface area contributed by atoms with Gasteiger partial charge in [0.1, 0.15) is 0 Å². The highest BCUT2D eigenvalue weighted by Crippen LogP contribution is 2.36. The normalized spacial score (nSPS) is 13.5. The number of hydrazine groups is 1. The van der Waals surface area contributed by atoms with E-state index in [1.54, 1.807) is 9.91 Å². The van der Waals surface area contributed by atoms with Crippen molar-refractivity contribution in [3.63, 3.8) is 0 Å². The molecule has 0 spiro atoms. The number of rotatable bonds is 22. The maximum absolute atomic E-state index is 13.2. The number of nitrogens with one attached hydrogen (secondary N) is 3. The van der Waals surface area contributed by atoms with Crippen LogP contribution in [0.5, 0.6) is 0 Å². The van der Waals surface area contributed by atoms with E-state index in [1.807, 2.05) is 55.5 Å². The summed E-state index contributed by atoms with van der Waals surface area (Å²) in [6.07, 6.45) is 1.17. The Morgan fingerprint density at radius 3 is 1.79 bits per heavy atom. The van der Waals surface area contributed by atoms with E-state index in [9.17, 15) is 19.2 Å². The molecule has 4 amide bonds. The van der Waals surface area contributed by atoms with Crippen molar-refractivity contribution >= 4 is 40.7 Å². The highest BCUT2D eigenvalue weighted by molar-refractivity contribution is 6.05. The van der Waals surface area contributed by atoms with Crippen molar-refractivity contribution in [1.82, 2.24) is 21.0 Å². The van der Waals surface area contributed by atoms with Crippen LogP contribution < -0.4 is 32.4 Å². The molecule has 0 aliphatic carbocycles. The zero-order valence-corrected chi connectivity index (χ0v) is 31.8. The van der Waals surface area contributed by atoms with Crippen LogP contribution in [-0.2, 0) is 25.5 Å². The number of amides is 4. The van der Waals surface area contributed by atoms with Crippen molar-refractivity contribution < 1.29 is 43.6 Å². The molecule has 3 aromatic carbocycles. The van der Waals surface area contributed by atoms with Crippen LogP contribution in [0.3, 0.4) is 0 Å². The molecule has 1 heterocycles. The number of ether oxygens (including phenoxy) is 3. The third-order valence-corrected chi connectivity index (χ3v) is 8.66. The lowest BCUT2D eigenvalue weighted by molar-refractivity contribution is -0.118. The third-order valence-electron chi connectivity index (χ3n) is 8.66. The van der Waals surface area contributed by atoms with E-state index in [0.717, 1.165) is 28.8 Å². The SMILES string of the molecule is CCCC(=O)N1Cc2ccccc2/C(N(N)CCOCCOCCOCCNC(=O)c2cc(C(=O)NCCO)cc(C(=O)NCCO)c2)=C(/N)c2ccccc21. The van der Waals surface area contributed by atoms with Crippen molar-refractivity contribution in [3.8, 4) is 0 Å². The van der Waals surface area contributed by atoms with Gasteiger partial charge in [-0.3, -0.25) is 19.2 Å². The van der Waals surface area contributed by atoms with Crippen molar-refractivity contribution in [2.75, 3.05) is 83.9 Å². The van der Waals surface area contributed by atoms with Gasteiger partial charge in [0, 0.05) is 53.9 Å². The zero-order chi connectivity index (χ0) is 40.3. The van der Waals surface area contributed by atoms with Gasteiger partial charge in [-0.1, -0.05) is 49.4 Å². The predicted octanol–water partition coefficient (Wildman–Crippen LogP) is 1.22. The Morgan fingerprint density at radius 1 is 0.714 bits per heavy atom. The number of nitrogens with two attached hydrogens (primary N) is 2. The first-order chi connectivity index (χ1) is 27.2. The summed E-state index contributed by atoms with van der Waals surface area (Å²) in [4.78, 5) is 52.8. The second-order valence-corrected chi connectivity index (χ2v) is 12.7. The smallest absolute Gasteiger partial charge is 0.251 e. The molecule has 0 fully saturated rings. The number of anilines is 1. The topological polar surface area (TPSA) is 231 Å². The van der Waals surface area contributed by atoms with Gasteiger partial charge in [0.25, 0.3) is 17.7 Å². The number of carbonyl (C=O) groups excluding carboxylic acids is 4. The molecule has 0 unspecified atom stereocenters. The van der Waals surface area contributed by atoms with Gasteiger partial charge < -0.3 is 56.0 Å². The average molecular weight is 776 g/mol. The molecule has 0 bridgehead atoms. The Balaban J connectivity index is 1.19. The molecule has 1 aliphatic rings. The molecule has 4 rings (SSSR count). The van der Waals surface area contributed by atoms with Crippen LogP contribution in [0.25, 0.3) is 11.4 Å². The molecule has 0 aromatic heterocycles. The van der Waals surface area contributed by atoms with Gasteiger partial charge in [0.2, 0.25) is 5.91 Å². The van der Waals surface area contributed by atoms with Gasteiger partial charge in [-0.15, -0.1) is 0 Å². The van der Waals surface area contributed by atoms with Gasteiger partial charge >= 0.3 is 0 Å². The zero-order valence-electron chi connectivity index (χ0n) is 31.8. The van der Waals surface area contributed by atoms with E-state index in [2.05, 4.69) is 16.0 Å².